The lowest BCUT2D eigenvalue weighted by Crippen LogP contribution is -2.45. The Balaban J connectivity index is 2.11. The predicted molar refractivity (Wildman–Crippen MR) is 113 cm³/mol. The van der Waals surface area contributed by atoms with E-state index in [0.717, 1.165) is 5.56 Å². The van der Waals surface area contributed by atoms with E-state index in [-0.39, 0.29) is 49.5 Å². The standard InChI is InChI=1S/C23H32N2O5/c1-17(15-26)24-21(27)14-19-11-7-2-3-8-12-22(28)30-16-20(25-23(19)29)13-18-9-5-4-6-10-18/h2,4-7,9-10,17,19-20,26H,3,8,11-16H2,1H3,(H,24,27)(H,25,29)/t17-,19+,20-/m0/s1. The van der Waals surface area contributed by atoms with E-state index in [0.29, 0.717) is 32.1 Å². The Morgan fingerprint density at radius 3 is 2.77 bits per heavy atom. The number of carbonyl (C=O) groups excluding carboxylic acids is 3. The van der Waals surface area contributed by atoms with Crippen molar-refractivity contribution in [3.8, 4) is 0 Å². The maximum absolute atomic E-state index is 13.0. The van der Waals surface area contributed by atoms with Crippen molar-refractivity contribution in [2.45, 2.75) is 57.5 Å². The number of nitrogens with one attached hydrogen (secondary N) is 2. The quantitative estimate of drug-likeness (QED) is 0.485. The van der Waals surface area contributed by atoms with Crippen molar-refractivity contribution in [2.24, 2.45) is 5.92 Å². The van der Waals surface area contributed by atoms with Crippen molar-refractivity contribution in [3.63, 3.8) is 0 Å². The summed E-state index contributed by atoms with van der Waals surface area (Å²) < 4.78 is 5.39. The van der Waals surface area contributed by atoms with Crippen molar-refractivity contribution >= 4 is 17.8 Å². The third-order valence-corrected chi connectivity index (χ3v) is 4.94. The third-order valence-electron chi connectivity index (χ3n) is 4.94. The number of aliphatic hydroxyl groups excluding tert-OH is 1. The molecule has 0 aromatic heterocycles. The summed E-state index contributed by atoms with van der Waals surface area (Å²) in [5, 5.41) is 14.8. The summed E-state index contributed by atoms with van der Waals surface area (Å²) >= 11 is 0. The Morgan fingerprint density at radius 1 is 1.27 bits per heavy atom. The number of benzene rings is 1. The Kier molecular flexibility index (Phi) is 10.1. The van der Waals surface area contributed by atoms with Gasteiger partial charge in [0.25, 0.3) is 0 Å². The molecule has 1 aliphatic heterocycles. The number of ether oxygens (including phenoxy) is 1. The lowest BCUT2D eigenvalue weighted by atomic mass is 9.97. The van der Waals surface area contributed by atoms with Crippen LogP contribution in [0.4, 0.5) is 0 Å². The van der Waals surface area contributed by atoms with Gasteiger partial charge in [-0.2, -0.15) is 0 Å². The highest BCUT2D eigenvalue weighted by Crippen LogP contribution is 2.14. The molecule has 7 heteroatoms. The lowest BCUT2D eigenvalue weighted by molar-refractivity contribution is -0.145. The van der Waals surface area contributed by atoms with E-state index in [1.807, 2.05) is 42.5 Å². The topological polar surface area (TPSA) is 105 Å². The van der Waals surface area contributed by atoms with Crippen LogP contribution in [0.15, 0.2) is 42.5 Å². The molecule has 0 radical (unpaired) electrons. The molecule has 0 spiro atoms. The second-order valence-corrected chi connectivity index (χ2v) is 7.73. The molecule has 1 heterocycles. The first kappa shape index (κ1) is 23.6. The highest BCUT2D eigenvalue weighted by Gasteiger charge is 2.25. The number of esters is 1. The fourth-order valence-electron chi connectivity index (χ4n) is 3.26. The second kappa shape index (κ2) is 12.8. The highest BCUT2D eigenvalue weighted by atomic mass is 16.5. The summed E-state index contributed by atoms with van der Waals surface area (Å²) in [6, 6.07) is 8.93. The van der Waals surface area contributed by atoms with Crippen LogP contribution in [0.1, 0.15) is 44.6 Å². The molecule has 0 aliphatic carbocycles. The van der Waals surface area contributed by atoms with Crippen LogP contribution >= 0.6 is 0 Å². The molecule has 2 rings (SSSR count). The van der Waals surface area contributed by atoms with Crippen molar-refractivity contribution in [1.82, 2.24) is 10.6 Å². The van der Waals surface area contributed by atoms with Crippen LogP contribution in [0.5, 0.6) is 0 Å². The van der Waals surface area contributed by atoms with Crippen LogP contribution in [0, 0.1) is 5.92 Å². The molecule has 0 fully saturated rings. The van der Waals surface area contributed by atoms with Crippen LogP contribution in [-0.2, 0) is 25.5 Å². The van der Waals surface area contributed by atoms with E-state index in [4.69, 9.17) is 9.84 Å². The van der Waals surface area contributed by atoms with Crippen molar-refractivity contribution in [1.29, 1.82) is 0 Å². The molecule has 1 aromatic rings. The van der Waals surface area contributed by atoms with Crippen LogP contribution < -0.4 is 10.6 Å². The van der Waals surface area contributed by atoms with Crippen LogP contribution in [0.2, 0.25) is 0 Å². The third kappa shape index (κ3) is 8.78. The zero-order valence-electron chi connectivity index (χ0n) is 17.5. The van der Waals surface area contributed by atoms with Gasteiger partial charge >= 0.3 is 5.97 Å². The summed E-state index contributed by atoms with van der Waals surface area (Å²) in [4.78, 5) is 37.2. The summed E-state index contributed by atoms with van der Waals surface area (Å²) in [6.45, 7) is 1.63. The fraction of sp³-hybridized carbons (Fsp3) is 0.522. The maximum Gasteiger partial charge on any atom is 0.305 e. The fourth-order valence-corrected chi connectivity index (χ4v) is 3.26. The number of amides is 2. The van der Waals surface area contributed by atoms with E-state index in [2.05, 4.69) is 10.6 Å². The Bertz CT molecular complexity index is 720. The number of rotatable bonds is 6. The van der Waals surface area contributed by atoms with Gasteiger partial charge in [0.05, 0.1) is 18.6 Å². The highest BCUT2D eigenvalue weighted by molar-refractivity contribution is 5.86. The molecule has 30 heavy (non-hydrogen) atoms. The van der Waals surface area contributed by atoms with Gasteiger partial charge in [0.2, 0.25) is 11.8 Å². The number of allylic oxidation sites excluding steroid dienone is 2. The molecule has 0 unspecified atom stereocenters. The first-order chi connectivity index (χ1) is 14.5. The van der Waals surface area contributed by atoms with Crippen LogP contribution in [0.3, 0.4) is 0 Å². The van der Waals surface area contributed by atoms with Gasteiger partial charge in [-0.1, -0.05) is 42.5 Å². The minimum Gasteiger partial charge on any atom is -0.463 e. The molecule has 0 saturated heterocycles. The molecule has 164 valence electrons. The second-order valence-electron chi connectivity index (χ2n) is 7.73. The zero-order chi connectivity index (χ0) is 21.8. The van der Waals surface area contributed by atoms with Gasteiger partial charge in [0, 0.05) is 18.9 Å². The number of cyclic esters (lactones) is 1. The molecule has 1 aliphatic rings. The SMILES string of the molecule is C[C@@H](CO)NC(=O)C[C@H]1CC=CCCCC(=O)OC[C@H](Cc2ccccc2)NC1=O. The van der Waals surface area contributed by atoms with E-state index in [9.17, 15) is 14.4 Å². The Hall–Kier alpha value is -2.67. The van der Waals surface area contributed by atoms with Crippen molar-refractivity contribution in [2.75, 3.05) is 13.2 Å². The summed E-state index contributed by atoms with van der Waals surface area (Å²) in [5.74, 6) is -1.34. The monoisotopic (exact) mass is 416 g/mol. The van der Waals surface area contributed by atoms with Gasteiger partial charge in [-0.25, -0.2) is 0 Å². The van der Waals surface area contributed by atoms with Crippen LogP contribution in [-0.4, -0.2) is 48.2 Å². The molecule has 1 aromatic carbocycles. The minimum atomic E-state index is -0.540. The predicted octanol–water partition coefficient (Wildman–Crippen LogP) is 1.89. The number of carbonyl (C=O) groups is 3. The van der Waals surface area contributed by atoms with Crippen molar-refractivity contribution in [3.05, 3.63) is 48.0 Å². The maximum atomic E-state index is 13.0. The first-order valence-electron chi connectivity index (χ1n) is 10.5. The van der Waals surface area contributed by atoms with Crippen LogP contribution in [0.25, 0.3) is 0 Å². The van der Waals surface area contributed by atoms with Gasteiger partial charge in [-0.3, -0.25) is 14.4 Å². The molecular formula is C23H32N2O5. The molecule has 7 nitrogen and oxygen atoms in total. The Labute approximate surface area is 177 Å². The summed E-state index contributed by atoms with van der Waals surface area (Å²) in [7, 11) is 0. The Morgan fingerprint density at radius 2 is 2.03 bits per heavy atom. The normalized spacial score (nSPS) is 21.9. The summed E-state index contributed by atoms with van der Waals surface area (Å²) in [5.41, 5.74) is 1.02. The average Bonchev–Trinajstić information content (AvgIpc) is 2.74. The lowest BCUT2D eigenvalue weighted by Gasteiger charge is -2.22. The van der Waals surface area contributed by atoms with E-state index in [1.165, 1.54) is 0 Å². The molecule has 0 saturated carbocycles. The van der Waals surface area contributed by atoms with Crippen molar-refractivity contribution < 1.29 is 24.2 Å². The minimum absolute atomic E-state index is 0.0261. The number of aliphatic hydroxyl groups is 1. The number of hydrogen-bond donors (Lipinski definition) is 3. The van der Waals surface area contributed by atoms with Gasteiger partial charge < -0.3 is 20.5 Å². The van der Waals surface area contributed by atoms with Gasteiger partial charge in [0.15, 0.2) is 0 Å². The van der Waals surface area contributed by atoms with E-state index in [1.54, 1.807) is 6.92 Å². The smallest absolute Gasteiger partial charge is 0.305 e. The largest absolute Gasteiger partial charge is 0.463 e. The number of hydrogen-bond acceptors (Lipinski definition) is 5. The molecular weight excluding hydrogens is 384 g/mol. The molecule has 2 amide bonds. The average molecular weight is 417 g/mol. The first-order valence-corrected chi connectivity index (χ1v) is 10.5. The van der Waals surface area contributed by atoms with E-state index < -0.39 is 5.92 Å². The van der Waals surface area contributed by atoms with Gasteiger partial charge in [-0.15, -0.1) is 0 Å². The zero-order valence-corrected chi connectivity index (χ0v) is 17.5. The van der Waals surface area contributed by atoms with E-state index >= 15 is 0 Å². The van der Waals surface area contributed by atoms with Gasteiger partial charge in [0.1, 0.15) is 6.61 Å². The molecule has 0 bridgehead atoms. The van der Waals surface area contributed by atoms with Gasteiger partial charge in [-0.05, 0) is 38.2 Å². The molecule has 3 atom stereocenters. The molecule has 3 N–H and O–H groups in total. The summed E-state index contributed by atoms with van der Waals surface area (Å²) in [6.07, 6.45) is 6.53.